The van der Waals surface area contributed by atoms with Gasteiger partial charge < -0.3 is 15.5 Å². The van der Waals surface area contributed by atoms with E-state index in [1.165, 1.54) is 18.3 Å². The minimum absolute atomic E-state index is 0.0896. The van der Waals surface area contributed by atoms with Gasteiger partial charge in [-0.05, 0) is 48.6 Å². The third kappa shape index (κ3) is 5.04. The molecule has 0 aromatic heterocycles. The predicted molar refractivity (Wildman–Crippen MR) is 96.2 cm³/mol. The molecule has 0 fully saturated rings. The van der Waals surface area contributed by atoms with Crippen molar-refractivity contribution >= 4 is 51.1 Å². The van der Waals surface area contributed by atoms with E-state index >= 15 is 0 Å². The Balaban J connectivity index is 1.97. The minimum atomic E-state index is -1.02. The van der Waals surface area contributed by atoms with E-state index in [-0.39, 0.29) is 16.4 Å². The summed E-state index contributed by atoms with van der Waals surface area (Å²) in [7, 11) is 0. The van der Waals surface area contributed by atoms with E-state index in [1.807, 2.05) is 0 Å². The number of phenolic OH excluding ortho intramolecular Hbond substituents is 1. The Morgan fingerprint density at radius 3 is 2.78 bits per heavy atom. The van der Waals surface area contributed by atoms with Crippen LogP contribution in [0.25, 0.3) is 0 Å². The van der Waals surface area contributed by atoms with Gasteiger partial charge >= 0.3 is 5.97 Å². The van der Waals surface area contributed by atoms with Gasteiger partial charge in [-0.1, -0.05) is 22.0 Å². The molecule has 8 heteroatoms. The van der Waals surface area contributed by atoms with Crippen molar-refractivity contribution in [2.24, 2.45) is 5.10 Å². The first-order valence-electron chi connectivity index (χ1n) is 6.37. The maximum Gasteiger partial charge on any atom is 0.335 e. The number of carboxylic acid groups (broad SMARTS) is 1. The second-order valence-corrected chi connectivity index (χ2v) is 5.74. The molecule has 2 rings (SSSR count). The number of aromatic hydroxyl groups is 1. The Morgan fingerprint density at radius 2 is 2.04 bits per heavy atom. The lowest BCUT2D eigenvalue weighted by Gasteiger charge is -2.07. The molecule has 0 unspecified atom stereocenters. The predicted octanol–water partition coefficient (Wildman–Crippen LogP) is 3.17. The number of hydrazone groups is 1. The zero-order chi connectivity index (χ0) is 16.8. The standard InChI is InChI=1S/C15H12BrN3O3S/c16-11-4-5-13(20)10(6-11)8-17-19-15(23)18-12-3-1-2-9(7-12)14(21)22/h1-8,20H,(H,21,22)(H2,18,19,23). The van der Waals surface area contributed by atoms with Crippen LogP contribution in [0.4, 0.5) is 5.69 Å². The van der Waals surface area contributed by atoms with Crippen molar-refractivity contribution in [1.29, 1.82) is 0 Å². The molecule has 0 bridgehead atoms. The lowest BCUT2D eigenvalue weighted by atomic mass is 10.2. The Labute approximate surface area is 146 Å². The van der Waals surface area contributed by atoms with Crippen molar-refractivity contribution in [3.63, 3.8) is 0 Å². The lowest BCUT2D eigenvalue weighted by Crippen LogP contribution is -2.24. The molecule has 118 valence electrons. The number of aromatic carboxylic acids is 1. The van der Waals surface area contributed by atoms with Crippen LogP contribution in [-0.2, 0) is 0 Å². The van der Waals surface area contributed by atoms with Crippen LogP contribution >= 0.6 is 28.1 Å². The molecule has 4 N–H and O–H groups in total. The van der Waals surface area contributed by atoms with Crippen LogP contribution in [0.5, 0.6) is 5.75 Å². The van der Waals surface area contributed by atoms with Gasteiger partial charge in [0, 0.05) is 15.7 Å². The quantitative estimate of drug-likeness (QED) is 0.362. The fourth-order valence-corrected chi connectivity index (χ4v) is 2.23. The maximum atomic E-state index is 10.9. The van der Waals surface area contributed by atoms with Crippen molar-refractivity contribution in [2.75, 3.05) is 5.32 Å². The summed E-state index contributed by atoms with van der Waals surface area (Å²) in [5.74, 6) is -0.928. The molecule has 0 saturated carbocycles. The molecule has 0 amide bonds. The zero-order valence-corrected chi connectivity index (χ0v) is 14.1. The lowest BCUT2D eigenvalue weighted by molar-refractivity contribution is 0.0697. The molecule has 0 aliphatic heterocycles. The number of carbonyl (C=O) groups is 1. The van der Waals surface area contributed by atoms with E-state index in [0.29, 0.717) is 11.3 Å². The molecule has 2 aromatic rings. The molecule has 0 saturated heterocycles. The minimum Gasteiger partial charge on any atom is -0.507 e. The molecule has 0 aliphatic rings. The molecule has 0 aliphatic carbocycles. The number of halogens is 1. The average Bonchev–Trinajstić information content (AvgIpc) is 2.51. The summed E-state index contributed by atoms with van der Waals surface area (Å²) in [4.78, 5) is 10.9. The SMILES string of the molecule is O=C(O)c1cccc(NC(=S)NN=Cc2cc(Br)ccc2O)c1. The third-order valence-electron chi connectivity index (χ3n) is 2.73. The molecule has 6 nitrogen and oxygen atoms in total. The zero-order valence-electron chi connectivity index (χ0n) is 11.7. The van der Waals surface area contributed by atoms with Crippen molar-refractivity contribution in [1.82, 2.24) is 5.43 Å². The van der Waals surface area contributed by atoms with Crippen LogP contribution in [0.15, 0.2) is 52.0 Å². The number of thiocarbonyl (C=S) groups is 1. The summed E-state index contributed by atoms with van der Waals surface area (Å²) < 4.78 is 0.808. The number of anilines is 1. The van der Waals surface area contributed by atoms with Crippen LogP contribution in [0, 0.1) is 0 Å². The maximum absolute atomic E-state index is 10.9. The number of carboxylic acids is 1. The van der Waals surface area contributed by atoms with Crippen molar-refractivity contribution in [3.05, 3.63) is 58.1 Å². The van der Waals surface area contributed by atoms with E-state index in [1.54, 1.807) is 30.3 Å². The molecule has 0 heterocycles. The van der Waals surface area contributed by atoms with E-state index in [9.17, 15) is 9.90 Å². The van der Waals surface area contributed by atoms with Crippen LogP contribution in [0.3, 0.4) is 0 Å². The van der Waals surface area contributed by atoms with Crippen LogP contribution < -0.4 is 10.7 Å². The fourth-order valence-electron chi connectivity index (χ4n) is 1.68. The largest absolute Gasteiger partial charge is 0.507 e. The Kier molecular flexibility index (Phi) is 5.67. The Bertz CT molecular complexity index is 780. The average molecular weight is 394 g/mol. The second kappa shape index (κ2) is 7.70. The molecule has 0 atom stereocenters. The molecular weight excluding hydrogens is 382 g/mol. The van der Waals surface area contributed by atoms with E-state index in [0.717, 1.165) is 4.47 Å². The first-order chi connectivity index (χ1) is 11.0. The number of benzene rings is 2. The summed E-state index contributed by atoms with van der Waals surface area (Å²) in [5.41, 5.74) is 3.79. The summed E-state index contributed by atoms with van der Waals surface area (Å²) in [6.45, 7) is 0. The van der Waals surface area contributed by atoms with Gasteiger partial charge in [0.05, 0.1) is 11.8 Å². The number of nitrogens with one attached hydrogen (secondary N) is 2. The van der Waals surface area contributed by atoms with E-state index in [4.69, 9.17) is 17.3 Å². The first kappa shape index (κ1) is 16.9. The van der Waals surface area contributed by atoms with Gasteiger partial charge in [-0.25, -0.2) is 4.79 Å². The number of hydrogen-bond acceptors (Lipinski definition) is 4. The highest BCUT2D eigenvalue weighted by molar-refractivity contribution is 9.10. The van der Waals surface area contributed by atoms with Gasteiger partial charge in [0.15, 0.2) is 5.11 Å². The van der Waals surface area contributed by atoms with Gasteiger partial charge in [0.2, 0.25) is 0 Å². The smallest absolute Gasteiger partial charge is 0.335 e. The highest BCUT2D eigenvalue weighted by Crippen LogP contribution is 2.19. The number of rotatable bonds is 4. The van der Waals surface area contributed by atoms with Crippen LogP contribution in [0.1, 0.15) is 15.9 Å². The second-order valence-electron chi connectivity index (χ2n) is 4.41. The summed E-state index contributed by atoms with van der Waals surface area (Å²) in [5, 5.41) is 25.5. The number of hydrogen-bond donors (Lipinski definition) is 4. The highest BCUT2D eigenvalue weighted by Gasteiger charge is 2.04. The van der Waals surface area contributed by atoms with Gasteiger partial charge in [-0.3, -0.25) is 5.43 Å². The molecule has 23 heavy (non-hydrogen) atoms. The summed E-state index contributed by atoms with van der Waals surface area (Å²) in [6, 6.07) is 11.2. The number of phenols is 1. The molecular formula is C15H12BrN3O3S. The fraction of sp³-hybridized carbons (Fsp3) is 0. The topological polar surface area (TPSA) is 94.0 Å². The van der Waals surface area contributed by atoms with Gasteiger partial charge in [0.25, 0.3) is 0 Å². The van der Waals surface area contributed by atoms with Crippen molar-refractivity contribution in [3.8, 4) is 5.75 Å². The normalized spacial score (nSPS) is 10.5. The summed E-state index contributed by atoms with van der Waals surface area (Å²) in [6.07, 6.45) is 1.42. The van der Waals surface area contributed by atoms with Crippen molar-refractivity contribution < 1.29 is 15.0 Å². The molecule has 0 radical (unpaired) electrons. The van der Waals surface area contributed by atoms with Gasteiger partial charge in [-0.2, -0.15) is 5.10 Å². The first-order valence-corrected chi connectivity index (χ1v) is 7.58. The van der Waals surface area contributed by atoms with E-state index < -0.39 is 5.97 Å². The summed E-state index contributed by atoms with van der Waals surface area (Å²) >= 11 is 8.36. The Hall–Kier alpha value is -2.45. The highest BCUT2D eigenvalue weighted by atomic mass is 79.9. The molecule has 2 aromatic carbocycles. The van der Waals surface area contributed by atoms with Gasteiger partial charge in [-0.15, -0.1) is 0 Å². The van der Waals surface area contributed by atoms with Crippen LogP contribution in [0.2, 0.25) is 0 Å². The van der Waals surface area contributed by atoms with Crippen molar-refractivity contribution in [2.45, 2.75) is 0 Å². The van der Waals surface area contributed by atoms with Crippen LogP contribution in [-0.4, -0.2) is 27.5 Å². The third-order valence-corrected chi connectivity index (χ3v) is 3.41. The number of nitrogens with zero attached hydrogens (tertiary/aromatic N) is 1. The molecule has 0 spiro atoms. The Morgan fingerprint density at radius 1 is 1.26 bits per heavy atom. The van der Waals surface area contributed by atoms with E-state index in [2.05, 4.69) is 31.8 Å². The monoisotopic (exact) mass is 393 g/mol. The van der Waals surface area contributed by atoms with Gasteiger partial charge in [0.1, 0.15) is 5.75 Å².